The molecule has 0 saturated carbocycles. The number of hydrogen-bond donors (Lipinski definition) is 2. The standard InChI is InChI=1S/C14H18ClNO3S/c1-4-11(14(18)19)20-7-12(17)16-13-9(3)5-8(2)6-10(13)15/h5-6,11H,4,7H2,1-3H3,(H,16,17)(H,18,19). The molecular formula is C14H18ClNO3S. The summed E-state index contributed by atoms with van der Waals surface area (Å²) < 4.78 is 0. The summed E-state index contributed by atoms with van der Waals surface area (Å²) in [5.74, 6) is -1.05. The summed E-state index contributed by atoms with van der Waals surface area (Å²) in [6, 6.07) is 3.71. The molecule has 110 valence electrons. The van der Waals surface area contributed by atoms with Gasteiger partial charge in [-0.25, -0.2) is 0 Å². The second-order valence-electron chi connectivity index (χ2n) is 4.53. The van der Waals surface area contributed by atoms with Crippen LogP contribution in [0.5, 0.6) is 0 Å². The van der Waals surface area contributed by atoms with Crippen molar-refractivity contribution < 1.29 is 14.7 Å². The van der Waals surface area contributed by atoms with Crippen molar-refractivity contribution in [3.63, 3.8) is 0 Å². The average molecular weight is 316 g/mol. The summed E-state index contributed by atoms with van der Waals surface area (Å²) in [7, 11) is 0. The van der Waals surface area contributed by atoms with Crippen LogP contribution in [0.2, 0.25) is 5.02 Å². The number of rotatable bonds is 6. The van der Waals surface area contributed by atoms with Gasteiger partial charge in [-0.05, 0) is 37.5 Å². The highest BCUT2D eigenvalue weighted by atomic mass is 35.5. The van der Waals surface area contributed by atoms with Crippen LogP contribution in [0, 0.1) is 13.8 Å². The quantitative estimate of drug-likeness (QED) is 0.843. The molecule has 0 aliphatic carbocycles. The molecule has 1 rings (SSSR count). The van der Waals surface area contributed by atoms with Crippen LogP contribution in [-0.4, -0.2) is 28.0 Å². The topological polar surface area (TPSA) is 66.4 Å². The summed E-state index contributed by atoms with van der Waals surface area (Å²) in [6.45, 7) is 5.58. The third-order valence-electron chi connectivity index (χ3n) is 2.76. The van der Waals surface area contributed by atoms with Crippen molar-refractivity contribution in [3.8, 4) is 0 Å². The van der Waals surface area contributed by atoms with Crippen molar-refractivity contribution in [3.05, 3.63) is 28.3 Å². The van der Waals surface area contributed by atoms with Crippen molar-refractivity contribution in [2.24, 2.45) is 0 Å². The minimum atomic E-state index is -0.894. The molecule has 0 radical (unpaired) electrons. The van der Waals surface area contributed by atoms with Gasteiger partial charge in [-0.15, -0.1) is 11.8 Å². The van der Waals surface area contributed by atoms with E-state index in [2.05, 4.69) is 5.32 Å². The zero-order chi connectivity index (χ0) is 15.3. The Morgan fingerprint density at radius 1 is 1.40 bits per heavy atom. The van der Waals surface area contributed by atoms with E-state index in [1.165, 1.54) is 0 Å². The Morgan fingerprint density at radius 3 is 2.55 bits per heavy atom. The molecule has 0 aromatic heterocycles. The van der Waals surface area contributed by atoms with E-state index >= 15 is 0 Å². The molecule has 0 fully saturated rings. The number of amides is 1. The third kappa shape index (κ3) is 4.72. The Balaban J connectivity index is 2.66. The third-order valence-corrected chi connectivity index (χ3v) is 4.42. The molecule has 6 heteroatoms. The minimum absolute atomic E-state index is 0.0917. The first-order chi connectivity index (χ1) is 9.35. The predicted octanol–water partition coefficient (Wildman–Crippen LogP) is 3.49. The van der Waals surface area contributed by atoms with Gasteiger partial charge < -0.3 is 10.4 Å². The van der Waals surface area contributed by atoms with Crippen molar-refractivity contribution >= 4 is 40.9 Å². The molecule has 1 amide bonds. The first-order valence-electron chi connectivity index (χ1n) is 6.26. The number of carbonyl (C=O) groups excluding carboxylic acids is 1. The largest absolute Gasteiger partial charge is 0.480 e. The van der Waals surface area contributed by atoms with E-state index in [1.807, 2.05) is 19.9 Å². The first-order valence-corrected chi connectivity index (χ1v) is 7.68. The van der Waals surface area contributed by atoms with Crippen LogP contribution in [-0.2, 0) is 9.59 Å². The number of carbonyl (C=O) groups is 2. The first kappa shape index (κ1) is 16.9. The molecule has 0 aliphatic rings. The Bertz CT molecular complexity index is 496. The number of aryl methyl sites for hydroxylation is 2. The molecule has 4 nitrogen and oxygen atoms in total. The molecule has 1 aromatic carbocycles. The van der Waals surface area contributed by atoms with E-state index in [4.69, 9.17) is 16.7 Å². The molecule has 0 saturated heterocycles. The number of carboxylic acid groups (broad SMARTS) is 1. The van der Waals surface area contributed by atoms with Gasteiger partial charge in [0.05, 0.1) is 16.5 Å². The molecule has 1 atom stereocenters. The van der Waals surface area contributed by atoms with Crippen LogP contribution < -0.4 is 5.32 Å². The van der Waals surface area contributed by atoms with E-state index in [1.54, 1.807) is 13.0 Å². The Kier molecular flexibility index (Phi) is 6.36. The lowest BCUT2D eigenvalue weighted by Gasteiger charge is -2.13. The number of halogens is 1. The van der Waals surface area contributed by atoms with Gasteiger partial charge in [-0.3, -0.25) is 9.59 Å². The van der Waals surface area contributed by atoms with Gasteiger partial charge in [0.1, 0.15) is 5.25 Å². The van der Waals surface area contributed by atoms with Gasteiger partial charge in [0.25, 0.3) is 0 Å². The highest BCUT2D eigenvalue weighted by Gasteiger charge is 2.17. The maximum absolute atomic E-state index is 11.9. The fraction of sp³-hybridized carbons (Fsp3) is 0.429. The molecule has 0 spiro atoms. The monoisotopic (exact) mass is 315 g/mol. The number of aliphatic carboxylic acids is 1. The Labute approximate surface area is 127 Å². The maximum atomic E-state index is 11.9. The number of benzene rings is 1. The van der Waals surface area contributed by atoms with Crippen LogP contribution in [0.1, 0.15) is 24.5 Å². The summed E-state index contributed by atoms with van der Waals surface area (Å²) in [5.41, 5.74) is 2.50. The summed E-state index contributed by atoms with van der Waals surface area (Å²) >= 11 is 7.22. The normalized spacial score (nSPS) is 12.0. The van der Waals surface area contributed by atoms with E-state index in [0.29, 0.717) is 17.1 Å². The van der Waals surface area contributed by atoms with Crippen LogP contribution in [0.15, 0.2) is 12.1 Å². The van der Waals surface area contributed by atoms with E-state index in [9.17, 15) is 9.59 Å². The number of hydrogen-bond acceptors (Lipinski definition) is 3. The van der Waals surface area contributed by atoms with E-state index in [-0.39, 0.29) is 11.7 Å². The SMILES string of the molecule is CCC(SCC(=O)Nc1c(C)cc(C)cc1Cl)C(=O)O. The van der Waals surface area contributed by atoms with Crippen molar-refractivity contribution in [1.29, 1.82) is 0 Å². The maximum Gasteiger partial charge on any atom is 0.316 e. The fourth-order valence-corrected chi connectivity index (χ4v) is 2.96. The Morgan fingerprint density at radius 2 is 2.05 bits per heavy atom. The molecule has 0 aliphatic heterocycles. The number of carboxylic acids is 1. The van der Waals surface area contributed by atoms with Gasteiger partial charge in [0.15, 0.2) is 0 Å². The molecule has 1 aromatic rings. The zero-order valence-corrected chi connectivity index (χ0v) is 13.3. The summed E-state index contributed by atoms with van der Waals surface area (Å²) in [6.07, 6.45) is 0.484. The van der Waals surface area contributed by atoms with E-state index in [0.717, 1.165) is 22.9 Å². The van der Waals surface area contributed by atoms with Gasteiger partial charge >= 0.3 is 5.97 Å². The highest BCUT2D eigenvalue weighted by molar-refractivity contribution is 8.01. The Hall–Kier alpha value is -1.20. The lowest BCUT2D eigenvalue weighted by molar-refractivity contribution is -0.136. The fourth-order valence-electron chi connectivity index (χ4n) is 1.79. The van der Waals surface area contributed by atoms with Crippen LogP contribution in [0.25, 0.3) is 0 Å². The highest BCUT2D eigenvalue weighted by Crippen LogP contribution is 2.27. The summed E-state index contributed by atoms with van der Waals surface area (Å²) in [4.78, 5) is 22.7. The van der Waals surface area contributed by atoms with Gasteiger partial charge in [0, 0.05) is 0 Å². The minimum Gasteiger partial charge on any atom is -0.480 e. The smallest absolute Gasteiger partial charge is 0.316 e. The van der Waals surface area contributed by atoms with Gasteiger partial charge in [-0.1, -0.05) is 24.6 Å². The summed E-state index contributed by atoms with van der Waals surface area (Å²) in [5, 5.41) is 11.6. The molecule has 0 bridgehead atoms. The molecule has 20 heavy (non-hydrogen) atoms. The molecule has 0 heterocycles. The van der Waals surface area contributed by atoms with E-state index < -0.39 is 11.2 Å². The molecule has 2 N–H and O–H groups in total. The second-order valence-corrected chi connectivity index (χ2v) is 6.13. The van der Waals surface area contributed by atoms with Crippen LogP contribution >= 0.6 is 23.4 Å². The van der Waals surface area contributed by atoms with Gasteiger partial charge in [0.2, 0.25) is 5.91 Å². The number of nitrogens with one attached hydrogen (secondary N) is 1. The van der Waals surface area contributed by atoms with Crippen molar-refractivity contribution in [2.75, 3.05) is 11.1 Å². The van der Waals surface area contributed by atoms with Crippen molar-refractivity contribution in [2.45, 2.75) is 32.4 Å². The molecule has 1 unspecified atom stereocenters. The second kappa shape index (κ2) is 7.55. The van der Waals surface area contributed by atoms with Gasteiger partial charge in [-0.2, -0.15) is 0 Å². The lowest BCUT2D eigenvalue weighted by atomic mass is 10.1. The van der Waals surface area contributed by atoms with Crippen molar-refractivity contribution in [1.82, 2.24) is 0 Å². The lowest BCUT2D eigenvalue weighted by Crippen LogP contribution is -2.21. The predicted molar refractivity (Wildman–Crippen MR) is 83.7 cm³/mol. The average Bonchev–Trinajstić information content (AvgIpc) is 2.34. The van der Waals surface area contributed by atoms with Crippen LogP contribution in [0.3, 0.4) is 0 Å². The zero-order valence-electron chi connectivity index (χ0n) is 11.7. The number of anilines is 1. The number of thioether (sulfide) groups is 1. The molecular weight excluding hydrogens is 298 g/mol. The van der Waals surface area contributed by atoms with Crippen LogP contribution in [0.4, 0.5) is 5.69 Å².